The van der Waals surface area contributed by atoms with Crippen molar-refractivity contribution >= 4 is 35.1 Å². The molecule has 0 spiro atoms. The maximum atomic E-state index is 5.50. The second-order valence-corrected chi connectivity index (χ2v) is 6.83. The Morgan fingerprint density at radius 2 is 2.37 bits per heavy atom. The van der Waals surface area contributed by atoms with E-state index >= 15 is 0 Å². The van der Waals surface area contributed by atoms with Crippen LogP contribution in [0.4, 0.5) is 0 Å². The monoisotopic (exact) mass is 296 g/mol. The van der Waals surface area contributed by atoms with E-state index in [9.17, 15) is 0 Å². The summed E-state index contributed by atoms with van der Waals surface area (Å²) in [6.45, 7) is 3.21. The van der Waals surface area contributed by atoms with Crippen molar-refractivity contribution in [2.75, 3.05) is 11.5 Å². The van der Waals surface area contributed by atoms with Crippen LogP contribution < -0.4 is 0 Å². The third-order valence-electron chi connectivity index (χ3n) is 3.77. The van der Waals surface area contributed by atoms with E-state index in [1.54, 1.807) is 0 Å². The molecule has 4 nitrogen and oxygen atoms in total. The first-order chi connectivity index (χ1) is 9.20. The fourth-order valence-corrected chi connectivity index (χ4v) is 4.38. The van der Waals surface area contributed by atoms with E-state index in [1.165, 1.54) is 17.9 Å². The van der Waals surface area contributed by atoms with E-state index in [0.717, 1.165) is 46.9 Å². The number of H-pyrrole nitrogens is 1. The first-order valence-corrected chi connectivity index (χ1v) is 8.49. The Balaban J connectivity index is 2.03. The molecule has 3 heterocycles. The summed E-state index contributed by atoms with van der Waals surface area (Å²) in [4.78, 5) is 3.36. The number of thioether (sulfide) groups is 1. The summed E-state index contributed by atoms with van der Waals surface area (Å²) in [5, 5.41) is 4.63. The molecule has 1 aliphatic heterocycles. The third kappa shape index (κ3) is 2.36. The molecule has 1 atom stereocenters. The molecule has 1 fully saturated rings. The van der Waals surface area contributed by atoms with Crippen molar-refractivity contribution in [3.05, 3.63) is 10.5 Å². The van der Waals surface area contributed by atoms with E-state index in [1.807, 2.05) is 11.7 Å². The van der Waals surface area contributed by atoms with Crippen molar-refractivity contribution in [2.45, 2.75) is 32.7 Å². The van der Waals surface area contributed by atoms with E-state index in [0.29, 0.717) is 0 Å². The van der Waals surface area contributed by atoms with Crippen LogP contribution in [0.1, 0.15) is 25.5 Å². The van der Waals surface area contributed by atoms with Crippen molar-refractivity contribution in [1.82, 2.24) is 19.3 Å². The molecule has 0 aliphatic carbocycles. The van der Waals surface area contributed by atoms with Gasteiger partial charge in [0.05, 0.1) is 5.69 Å². The predicted molar refractivity (Wildman–Crippen MR) is 83.3 cm³/mol. The van der Waals surface area contributed by atoms with Gasteiger partial charge in [-0.25, -0.2) is 0 Å². The van der Waals surface area contributed by atoms with Gasteiger partial charge in [0.1, 0.15) is 5.52 Å². The van der Waals surface area contributed by atoms with Crippen LogP contribution in [0.3, 0.4) is 0 Å². The minimum Gasteiger partial charge on any atom is -0.328 e. The quantitative estimate of drug-likeness (QED) is 0.881. The predicted octanol–water partition coefficient (Wildman–Crippen LogP) is 3.14. The molecular formula is C13H20N4S2. The molecule has 0 saturated carbocycles. The molecule has 1 aliphatic rings. The van der Waals surface area contributed by atoms with Gasteiger partial charge in [0, 0.05) is 13.6 Å². The number of aromatic nitrogens is 4. The average Bonchev–Trinajstić information content (AvgIpc) is 3.04. The van der Waals surface area contributed by atoms with Crippen LogP contribution in [-0.4, -0.2) is 30.8 Å². The molecular weight excluding hydrogens is 276 g/mol. The lowest BCUT2D eigenvalue weighted by Gasteiger charge is -2.10. The number of nitrogens with zero attached hydrogens (tertiary/aromatic N) is 3. The molecule has 3 rings (SSSR count). The van der Waals surface area contributed by atoms with Crippen LogP contribution in [0, 0.1) is 10.7 Å². The number of imidazole rings is 1. The summed E-state index contributed by atoms with van der Waals surface area (Å²) in [6, 6.07) is 0. The Morgan fingerprint density at radius 3 is 3.05 bits per heavy atom. The summed E-state index contributed by atoms with van der Waals surface area (Å²) < 4.78 is 5.07. The molecule has 0 aromatic carbocycles. The Bertz CT molecular complexity index is 631. The number of aromatic amines is 1. The molecule has 2 aromatic heterocycles. The van der Waals surface area contributed by atoms with Crippen LogP contribution >= 0.6 is 24.0 Å². The lowest BCUT2D eigenvalue weighted by molar-refractivity contribution is 0.491. The van der Waals surface area contributed by atoms with Crippen molar-refractivity contribution in [3.63, 3.8) is 0 Å². The second kappa shape index (κ2) is 5.32. The van der Waals surface area contributed by atoms with Gasteiger partial charge in [-0.2, -0.15) is 16.9 Å². The Labute approximate surface area is 122 Å². The Kier molecular flexibility index (Phi) is 3.71. The van der Waals surface area contributed by atoms with Crippen LogP contribution in [0.2, 0.25) is 0 Å². The fraction of sp³-hybridized carbons (Fsp3) is 0.692. The number of fused-ring (bicyclic) bond motifs is 1. The van der Waals surface area contributed by atoms with E-state index < -0.39 is 0 Å². The molecule has 0 bridgehead atoms. The highest BCUT2D eigenvalue weighted by Gasteiger charge is 2.20. The van der Waals surface area contributed by atoms with Crippen molar-refractivity contribution in [2.24, 2.45) is 13.0 Å². The minimum atomic E-state index is 0.750. The van der Waals surface area contributed by atoms with Gasteiger partial charge < -0.3 is 9.55 Å². The molecule has 1 saturated heterocycles. The van der Waals surface area contributed by atoms with Gasteiger partial charge in [0.25, 0.3) is 0 Å². The molecule has 0 amide bonds. The van der Waals surface area contributed by atoms with E-state index in [4.69, 9.17) is 12.2 Å². The lowest BCUT2D eigenvalue weighted by Crippen LogP contribution is -2.11. The number of rotatable bonds is 4. The Morgan fingerprint density at radius 1 is 1.53 bits per heavy atom. The smallest absolute Gasteiger partial charge is 0.179 e. The van der Waals surface area contributed by atoms with E-state index in [-0.39, 0.29) is 0 Å². The van der Waals surface area contributed by atoms with Crippen LogP contribution in [0.25, 0.3) is 11.2 Å². The normalized spacial score (nSPS) is 19.6. The van der Waals surface area contributed by atoms with Crippen LogP contribution in [0.5, 0.6) is 0 Å². The zero-order valence-electron chi connectivity index (χ0n) is 11.5. The number of hydrogen-bond donors (Lipinski definition) is 1. The largest absolute Gasteiger partial charge is 0.328 e. The van der Waals surface area contributed by atoms with Gasteiger partial charge in [0.15, 0.2) is 10.4 Å². The van der Waals surface area contributed by atoms with Crippen molar-refractivity contribution in [3.8, 4) is 0 Å². The summed E-state index contributed by atoms with van der Waals surface area (Å²) in [7, 11) is 2.02. The first kappa shape index (κ1) is 13.2. The van der Waals surface area contributed by atoms with Gasteiger partial charge in [-0.3, -0.25) is 4.68 Å². The van der Waals surface area contributed by atoms with Gasteiger partial charge in [-0.1, -0.05) is 13.3 Å². The van der Waals surface area contributed by atoms with Crippen molar-refractivity contribution < 1.29 is 0 Å². The standard InChI is InChI=1S/C13H20N4S2/c1-3-4-10-11-12(16(2)15-10)17(13(18)14-11)7-9-5-6-19-8-9/h9H,3-8H2,1-2H3,(H,14,18). The van der Waals surface area contributed by atoms with Crippen molar-refractivity contribution in [1.29, 1.82) is 0 Å². The number of nitrogens with one attached hydrogen (secondary N) is 1. The highest BCUT2D eigenvalue weighted by molar-refractivity contribution is 7.99. The van der Waals surface area contributed by atoms with Crippen LogP contribution in [0.15, 0.2) is 0 Å². The molecule has 1 unspecified atom stereocenters. The second-order valence-electron chi connectivity index (χ2n) is 5.29. The summed E-state index contributed by atoms with van der Waals surface area (Å²) in [5.41, 5.74) is 3.44. The zero-order chi connectivity index (χ0) is 13.4. The van der Waals surface area contributed by atoms with Gasteiger partial charge in [0.2, 0.25) is 0 Å². The molecule has 104 valence electrons. The maximum Gasteiger partial charge on any atom is 0.179 e. The van der Waals surface area contributed by atoms with E-state index in [2.05, 4.69) is 33.3 Å². The average molecular weight is 296 g/mol. The molecule has 19 heavy (non-hydrogen) atoms. The third-order valence-corrected chi connectivity index (χ3v) is 5.33. The van der Waals surface area contributed by atoms with Gasteiger partial charge >= 0.3 is 0 Å². The molecule has 1 N–H and O–H groups in total. The van der Waals surface area contributed by atoms with Gasteiger partial charge in [-0.15, -0.1) is 0 Å². The minimum absolute atomic E-state index is 0.750. The molecule has 0 radical (unpaired) electrons. The number of aryl methyl sites for hydroxylation is 2. The Hall–Kier alpha value is -0.750. The van der Waals surface area contributed by atoms with Gasteiger partial charge in [-0.05, 0) is 42.5 Å². The SMILES string of the molecule is CCCc1nn(C)c2c1[nH]c(=S)n2CC1CCSC1. The topological polar surface area (TPSA) is 38.5 Å². The lowest BCUT2D eigenvalue weighted by atomic mass is 10.1. The molecule has 2 aromatic rings. The summed E-state index contributed by atoms with van der Waals surface area (Å²) in [5.74, 6) is 3.30. The number of hydrogen-bond acceptors (Lipinski definition) is 3. The maximum absolute atomic E-state index is 5.50. The highest BCUT2D eigenvalue weighted by Crippen LogP contribution is 2.27. The van der Waals surface area contributed by atoms with Crippen LogP contribution in [-0.2, 0) is 20.0 Å². The fourth-order valence-electron chi connectivity index (χ4n) is 2.84. The first-order valence-electron chi connectivity index (χ1n) is 6.92. The summed E-state index contributed by atoms with van der Waals surface area (Å²) >= 11 is 7.56. The molecule has 6 heteroatoms. The zero-order valence-corrected chi connectivity index (χ0v) is 13.1. The summed E-state index contributed by atoms with van der Waals surface area (Å²) in [6.07, 6.45) is 3.42. The highest BCUT2D eigenvalue weighted by atomic mass is 32.2.